The van der Waals surface area contributed by atoms with E-state index in [9.17, 15) is 4.79 Å². The normalized spacial score (nSPS) is 35.1. The second-order valence-corrected chi connectivity index (χ2v) is 11.0. The van der Waals surface area contributed by atoms with Crippen molar-refractivity contribution in [1.29, 1.82) is 0 Å². The maximum atomic E-state index is 13.6. The summed E-state index contributed by atoms with van der Waals surface area (Å²) in [6.07, 6.45) is 5.08. The lowest BCUT2D eigenvalue weighted by molar-refractivity contribution is -0.588. The van der Waals surface area contributed by atoms with Crippen molar-refractivity contribution in [3.05, 3.63) is 0 Å². The summed E-state index contributed by atoms with van der Waals surface area (Å²) in [4.78, 5) is 13.6. The van der Waals surface area contributed by atoms with E-state index in [0.717, 1.165) is 51.6 Å². The van der Waals surface area contributed by atoms with Crippen LogP contribution in [0.4, 0.5) is 0 Å². The van der Waals surface area contributed by atoms with Crippen molar-refractivity contribution in [2.24, 2.45) is 17.4 Å². The standard InChI is InChI=1S/C22H39Cl2N7O2/c23-13-9-29-21(31(12-13)14-3-1-2-4-14)18(20(25)26)22(32)30-17-11-28-10-16(24)19(17)33-15-5-7-27-8-6-15/h13,15-21,27-29H,1-12,25-26H2/p+1. The second kappa shape index (κ2) is 11.9. The van der Waals surface area contributed by atoms with Crippen LogP contribution in [0, 0.1) is 5.92 Å². The summed E-state index contributed by atoms with van der Waals surface area (Å²) in [6, 6.07) is -0.248. The molecule has 0 aromatic heterocycles. The van der Waals surface area contributed by atoms with Crippen LogP contribution in [0.3, 0.4) is 0 Å². The van der Waals surface area contributed by atoms with E-state index >= 15 is 0 Å². The van der Waals surface area contributed by atoms with Crippen molar-refractivity contribution >= 4 is 34.8 Å². The molecule has 4 fully saturated rings. The monoisotopic (exact) mass is 504 g/mol. The smallest absolute Gasteiger partial charge is 0.234 e. The number of halogens is 2. The van der Waals surface area contributed by atoms with E-state index in [2.05, 4.69) is 25.8 Å². The first-order valence-electron chi connectivity index (χ1n) is 12.5. The van der Waals surface area contributed by atoms with Gasteiger partial charge in [-0.15, -0.1) is 23.2 Å². The molecule has 1 amide bonds. The maximum absolute atomic E-state index is 13.6. The van der Waals surface area contributed by atoms with Gasteiger partial charge in [-0.3, -0.25) is 10.1 Å². The van der Waals surface area contributed by atoms with Gasteiger partial charge < -0.3 is 32.2 Å². The molecule has 0 bridgehead atoms. The van der Waals surface area contributed by atoms with Crippen LogP contribution >= 0.6 is 23.2 Å². The van der Waals surface area contributed by atoms with Crippen LogP contribution < -0.4 is 32.7 Å². The summed E-state index contributed by atoms with van der Waals surface area (Å²) in [5, 5.41) is 13.1. The molecule has 0 aromatic rings. The molecule has 9 nitrogen and oxygen atoms in total. The highest BCUT2D eigenvalue weighted by molar-refractivity contribution is 6.21. The fourth-order valence-corrected chi connectivity index (χ4v) is 6.18. The van der Waals surface area contributed by atoms with Gasteiger partial charge in [-0.05, 0) is 38.8 Å². The number of piperidine rings is 2. The van der Waals surface area contributed by atoms with E-state index in [1.54, 1.807) is 0 Å². The number of nitrogens with zero attached hydrogens (tertiary/aromatic N) is 1. The number of rotatable bonds is 6. The zero-order valence-corrected chi connectivity index (χ0v) is 20.8. The van der Waals surface area contributed by atoms with Crippen molar-refractivity contribution in [2.45, 2.75) is 79.9 Å². The van der Waals surface area contributed by atoms with Gasteiger partial charge in [0.2, 0.25) is 12.1 Å². The van der Waals surface area contributed by atoms with Gasteiger partial charge in [-0.2, -0.15) is 0 Å². The first-order valence-corrected chi connectivity index (χ1v) is 13.3. The van der Waals surface area contributed by atoms with E-state index in [1.165, 1.54) is 5.71 Å². The Morgan fingerprint density at radius 3 is 2.52 bits per heavy atom. The quantitative estimate of drug-likeness (QED) is 0.159. The van der Waals surface area contributed by atoms with Crippen molar-refractivity contribution in [2.75, 3.05) is 39.3 Å². The van der Waals surface area contributed by atoms with Crippen LogP contribution in [0.2, 0.25) is 0 Å². The zero-order valence-electron chi connectivity index (χ0n) is 19.3. The number of carbonyl (C=O) groups excluding carboxylic acids is 1. The molecule has 8 N–H and O–H groups in total. The molecule has 0 spiro atoms. The number of nitrogens with one attached hydrogen (secondary N) is 4. The number of hydrogen-bond acceptors (Lipinski definition) is 7. The molecular formula is C22H40Cl2N7O2+. The molecule has 4 rings (SSSR count). The molecule has 4 aliphatic rings. The lowest BCUT2D eigenvalue weighted by Crippen LogP contribution is -2.67. The molecule has 188 valence electrons. The highest BCUT2D eigenvalue weighted by Crippen LogP contribution is 2.23. The fraction of sp³-hybridized carbons (Fsp3) is 0.909. The lowest BCUT2D eigenvalue weighted by atomic mass is 9.96. The van der Waals surface area contributed by atoms with E-state index < -0.39 is 12.1 Å². The molecule has 0 radical (unpaired) electrons. The minimum Gasteiger partial charge on any atom is -0.371 e. The average molecular weight is 506 g/mol. The molecule has 6 unspecified atom stereocenters. The van der Waals surface area contributed by atoms with Gasteiger partial charge in [-0.1, -0.05) is 0 Å². The van der Waals surface area contributed by atoms with Gasteiger partial charge in [0.15, 0.2) is 12.3 Å². The highest BCUT2D eigenvalue weighted by atomic mass is 35.5. The number of ether oxygens (including phenoxy) is 1. The SMILES string of the molecule is NC(N)C(C(=O)NC1CNCC(Cl)C1OC1CCNCC1)C1NCC(Cl)C[N+]1=C1CCCC1. The highest BCUT2D eigenvalue weighted by Gasteiger charge is 2.46. The molecule has 1 aliphatic carbocycles. The van der Waals surface area contributed by atoms with E-state index in [1.807, 2.05) is 0 Å². The molecule has 11 heteroatoms. The number of nitrogens with two attached hydrogens (primary N) is 2. The predicted octanol–water partition coefficient (Wildman–Crippen LogP) is -0.757. The fourth-order valence-electron chi connectivity index (χ4n) is 5.60. The predicted molar refractivity (Wildman–Crippen MR) is 131 cm³/mol. The Morgan fingerprint density at radius 2 is 1.82 bits per heavy atom. The minimum absolute atomic E-state index is 0.0191. The van der Waals surface area contributed by atoms with E-state index in [-0.39, 0.29) is 41.1 Å². The Kier molecular flexibility index (Phi) is 9.26. The maximum Gasteiger partial charge on any atom is 0.234 e. The number of carbonyl (C=O) groups is 1. The van der Waals surface area contributed by atoms with Crippen molar-refractivity contribution in [3.63, 3.8) is 0 Å². The molecule has 33 heavy (non-hydrogen) atoms. The first kappa shape index (κ1) is 25.6. The van der Waals surface area contributed by atoms with Gasteiger partial charge in [0, 0.05) is 32.5 Å². The lowest BCUT2D eigenvalue weighted by Gasteiger charge is -2.40. The van der Waals surface area contributed by atoms with Crippen LogP contribution in [-0.4, -0.2) is 96.8 Å². The molecular weight excluding hydrogens is 465 g/mol. The number of alkyl halides is 2. The summed E-state index contributed by atoms with van der Waals surface area (Å²) in [5.41, 5.74) is 13.8. The zero-order chi connectivity index (χ0) is 23.4. The van der Waals surface area contributed by atoms with Crippen LogP contribution in [0.5, 0.6) is 0 Å². The van der Waals surface area contributed by atoms with Crippen LogP contribution in [-0.2, 0) is 9.53 Å². The van der Waals surface area contributed by atoms with E-state index in [0.29, 0.717) is 26.2 Å². The third-order valence-corrected chi connectivity index (χ3v) is 8.04. The van der Waals surface area contributed by atoms with Gasteiger partial charge in [-0.25, -0.2) is 4.58 Å². The van der Waals surface area contributed by atoms with Crippen molar-refractivity contribution in [1.82, 2.24) is 21.3 Å². The molecule has 1 saturated carbocycles. The number of hydrogen-bond donors (Lipinski definition) is 6. The van der Waals surface area contributed by atoms with Crippen LogP contribution in [0.25, 0.3) is 0 Å². The Balaban J connectivity index is 1.49. The molecule has 3 heterocycles. The Bertz CT molecular complexity index is 696. The summed E-state index contributed by atoms with van der Waals surface area (Å²) in [6.45, 7) is 4.43. The average Bonchev–Trinajstić information content (AvgIpc) is 3.33. The van der Waals surface area contributed by atoms with E-state index in [4.69, 9.17) is 39.4 Å². The molecule has 6 atom stereocenters. The third kappa shape index (κ3) is 6.38. The summed E-state index contributed by atoms with van der Waals surface area (Å²) < 4.78 is 8.67. The topological polar surface area (TPSA) is 129 Å². The van der Waals surface area contributed by atoms with Crippen LogP contribution in [0.1, 0.15) is 38.5 Å². The van der Waals surface area contributed by atoms with Gasteiger partial charge >= 0.3 is 0 Å². The third-order valence-electron chi connectivity index (χ3n) is 7.34. The van der Waals surface area contributed by atoms with Gasteiger partial charge in [0.05, 0.1) is 29.8 Å². The summed E-state index contributed by atoms with van der Waals surface area (Å²) in [5.74, 6) is -0.798. The van der Waals surface area contributed by atoms with Crippen molar-refractivity contribution < 1.29 is 14.1 Å². The second-order valence-electron chi connectivity index (χ2n) is 9.82. The first-order chi connectivity index (χ1) is 15.9. The molecule has 3 saturated heterocycles. The molecule has 3 aliphatic heterocycles. The summed E-state index contributed by atoms with van der Waals surface area (Å²) >= 11 is 13.1. The van der Waals surface area contributed by atoms with Gasteiger partial charge in [0.1, 0.15) is 11.3 Å². The Labute approximate surface area is 206 Å². The number of amides is 1. The van der Waals surface area contributed by atoms with Crippen molar-refractivity contribution in [3.8, 4) is 0 Å². The Hall–Kier alpha value is -0.520. The largest absolute Gasteiger partial charge is 0.371 e. The Morgan fingerprint density at radius 1 is 1.09 bits per heavy atom. The minimum atomic E-state index is -0.814. The molecule has 0 aromatic carbocycles. The van der Waals surface area contributed by atoms with Crippen LogP contribution in [0.15, 0.2) is 0 Å². The van der Waals surface area contributed by atoms with Gasteiger partial charge in [0.25, 0.3) is 0 Å². The summed E-state index contributed by atoms with van der Waals surface area (Å²) in [7, 11) is 0.